The molecule has 0 bridgehead atoms. The molecule has 10 heteroatoms. The Bertz CT molecular complexity index is 1180. The van der Waals surface area contributed by atoms with Crippen molar-refractivity contribution in [2.24, 2.45) is 5.10 Å². The number of hydrogen-bond acceptors (Lipinski definition) is 4. The fourth-order valence-electron chi connectivity index (χ4n) is 2.51. The summed E-state index contributed by atoms with van der Waals surface area (Å²) >= 11 is 23.9. The normalized spacial score (nSPS) is 10.8. The third-order valence-electron chi connectivity index (χ3n) is 4.01. The van der Waals surface area contributed by atoms with Gasteiger partial charge in [-0.2, -0.15) is 5.10 Å². The Labute approximate surface area is 204 Å². The van der Waals surface area contributed by atoms with Crippen LogP contribution < -0.4 is 15.5 Å². The molecule has 32 heavy (non-hydrogen) atoms. The molecule has 0 heterocycles. The average molecular weight is 511 g/mol. The summed E-state index contributed by atoms with van der Waals surface area (Å²) in [6, 6.07) is 16.5. The zero-order valence-corrected chi connectivity index (χ0v) is 19.3. The first kappa shape index (κ1) is 23.9. The topological polar surface area (TPSA) is 79.8 Å². The molecule has 3 aromatic rings. The van der Waals surface area contributed by atoms with Gasteiger partial charge in [0.25, 0.3) is 0 Å². The van der Waals surface area contributed by atoms with Gasteiger partial charge >= 0.3 is 11.8 Å². The van der Waals surface area contributed by atoms with E-state index in [-0.39, 0.29) is 6.61 Å². The van der Waals surface area contributed by atoms with E-state index in [2.05, 4.69) is 15.8 Å². The van der Waals surface area contributed by atoms with E-state index in [0.29, 0.717) is 37.1 Å². The van der Waals surface area contributed by atoms with Crippen LogP contribution in [0.4, 0.5) is 5.69 Å². The first-order valence-electron chi connectivity index (χ1n) is 9.08. The maximum atomic E-state index is 12.0. The number of nitrogens with zero attached hydrogens (tertiary/aromatic N) is 1. The van der Waals surface area contributed by atoms with Crippen molar-refractivity contribution in [1.82, 2.24) is 5.43 Å². The van der Waals surface area contributed by atoms with Crippen LogP contribution in [0.5, 0.6) is 5.75 Å². The molecule has 6 nitrogen and oxygen atoms in total. The largest absolute Gasteiger partial charge is 0.488 e. The highest BCUT2D eigenvalue weighted by atomic mass is 35.5. The van der Waals surface area contributed by atoms with E-state index in [1.165, 1.54) is 12.3 Å². The number of ether oxygens (including phenoxy) is 1. The van der Waals surface area contributed by atoms with Crippen LogP contribution in [-0.4, -0.2) is 18.0 Å². The number of anilines is 1. The molecule has 0 atom stereocenters. The summed E-state index contributed by atoms with van der Waals surface area (Å²) in [6.45, 7) is 0.216. The molecular formula is C22H15Cl4N3O3. The molecule has 0 unspecified atom stereocenters. The van der Waals surface area contributed by atoms with Crippen LogP contribution in [0.1, 0.15) is 11.1 Å². The first-order valence-corrected chi connectivity index (χ1v) is 10.6. The van der Waals surface area contributed by atoms with E-state index >= 15 is 0 Å². The van der Waals surface area contributed by atoms with Gasteiger partial charge in [0.05, 0.1) is 16.3 Å². The summed E-state index contributed by atoms with van der Waals surface area (Å²) in [5.41, 5.74) is 3.84. The SMILES string of the molecule is O=C(N/N=C\c1cc(Cl)ccc1OCc1ccc(Cl)c(Cl)c1)C(=O)Nc1cccc(Cl)c1. The fraction of sp³-hybridized carbons (Fsp3) is 0.0455. The number of rotatable bonds is 6. The second-order valence-electron chi connectivity index (χ2n) is 6.38. The molecule has 0 aliphatic carbocycles. The fourth-order valence-corrected chi connectivity index (χ4v) is 3.20. The summed E-state index contributed by atoms with van der Waals surface area (Å²) in [5, 5.41) is 7.98. The van der Waals surface area contributed by atoms with E-state index in [9.17, 15) is 9.59 Å². The Balaban J connectivity index is 1.63. The summed E-state index contributed by atoms with van der Waals surface area (Å²) in [7, 11) is 0. The summed E-state index contributed by atoms with van der Waals surface area (Å²) in [5.74, 6) is -1.39. The molecule has 3 rings (SSSR count). The second-order valence-corrected chi connectivity index (χ2v) is 8.07. The molecule has 2 amide bonds. The minimum Gasteiger partial charge on any atom is -0.488 e. The number of benzene rings is 3. The number of carbonyl (C=O) groups excluding carboxylic acids is 2. The Hall–Kier alpha value is -2.77. The van der Waals surface area contributed by atoms with Crippen molar-refractivity contribution in [2.45, 2.75) is 6.61 Å². The average Bonchev–Trinajstić information content (AvgIpc) is 2.75. The number of nitrogens with one attached hydrogen (secondary N) is 2. The maximum absolute atomic E-state index is 12.0. The molecule has 0 aliphatic heterocycles. The molecule has 2 N–H and O–H groups in total. The Morgan fingerprint density at radius 3 is 2.41 bits per heavy atom. The molecule has 164 valence electrons. The van der Waals surface area contributed by atoms with E-state index in [0.717, 1.165) is 5.56 Å². The van der Waals surface area contributed by atoms with Gasteiger partial charge in [0.2, 0.25) is 0 Å². The van der Waals surface area contributed by atoms with Crippen molar-refractivity contribution in [2.75, 3.05) is 5.32 Å². The number of amides is 2. The lowest BCUT2D eigenvalue weighted by molar-refractivity contribution is -0.136. The standard InChI is InChI=1S/C22H15Cl4N3O3/c23-15-2-1-3-17(10-15)28-21(30)22(31)29-27-11-14-9-16(24)5-7-20(14)32-12-13-4-6-18(25)19(26)8-13/h1-11H,12H2,(H,28,30)(H,29,31)/b27-11-. The highest BCUT2D eigenvalue weighted by molar-refractivity contribution is 6.42. The number of hydrogen-bond donors (Lipinski definition) is 2. The molecule has 0 radical (unpaired) electrons. The lowest BCUT2D eigenvalue weighted by Crippen LogP contribution is -2.32. The minimum atomic E-state index is -0.957. The van der Waals surface area contributed by atoms with Gasteiger partial charge in [0, 0.05) is 21.3 Å². The van der Waals surface area contributed by atoms with Crippen LogP contribution in [0.15, 0.2) is 65.8 Å². The van der Waals surface area contributed by atoms with Crippen LogP contribution in [0.2, 0.25) is 20.1 Å². The lowest BCUT2D eigenvalue weighted by atomic mass is 10.2. The third kappa shape index (κ3) is 6.87. The van der Waals surface area contributed by atoms with Crippen LogP contribution >= 0.6 is 46.4 Å². The molecule has 0 fully saturated rings. The van der Waals surface area contributed by atoms with E-state index < -0.39 is 11.8 Å². The second kappa shape index (κ2) is 11.2. The number of carbonyl (C=O) groups is 2. The van der Waals surface area contributed by atoms with Gasteiger partial charge in [-0.05, 0) is 54.1 Å². The maximum Gasteiger partial charge on any atom is 0.329 e. The van der Waals surface area contributed by atoms with Gasteiger partial charge in [-0.1, -0.05) is 58.5 Å². The van der Waals surface area contributed by atoms with Crippen LogP contribution in [0.3, 0.4) is 0 Å². The van der Waals surface area contributed by atoms with Gasteiger partial charge in [-0.3, -0.25) is 9.59 Å². The van der Waals surface area contributed by atoms with Crippen molar-refractivity contribution in [3.63, 3.8) is 0 Å². The Morgan fingerprint density at radius 2 is 1.66 bits per heavy atom. The third-order valence-corrected chi connectivity index (χ3v) is 5.22. The van der Waals surface area contributed by atoms with Crippen LogP contribution in [0.25, 0.3) is 0 Å². The van der Waals surface area contributed by atoms with Gasteiger partial charge in [-0.25, -0.2) is 5.43 Å². The van der Waals surface area contributed by atoms with Crippen molar-refractivity contribution in [3.05, 3.63) is 91.9 Å². The van der Waals surface area contributed by atoms with Crippen molar-refractivity contribution in [1.29, 1.82) is 0 Å². The summed E-state index contributed by atoms with van der Waals surface area (Å²) in [6.07, 6.45) is 1.32. The van der Waals surface area contributed by atoms with Crippen LogP contribution in [-0.2, 0) is 16.2 Å². The highest BCUT2D eigenvalue weighted by Gasteiger charge is 2.13. The molecule has 3 aromatic carbocycles. The van der Waals surface area contributed by atoms with Gasteiger partial charge in [0.1, 0.15) is 12.4 Å². The van der Waals surface area contributed by atoms with Crippen molar-refractivity contribution >= 4 is 70.1 Å². The number of hydrazone groups is 1. The minimum absolute atomic E-state index is 0.216. The first-order chi connectivity index (χ1) is 15.3. The predicted octanol–water partition coefficient (Wildman–Crippen LogP) is 5.97. The Kier molecular flexibility index (Phi) is 8.36. The van der Waals surface area contributed by atoms with Gasteiger partial charge < -0.3 is 10.1 Å². The van der Waals surface area contributed by atoms with E-state index in [1.807, 2.05) is 0 Å². The molecule has 0 saturated carbocycles. The van der Waals surface area contributed by atoms with E-state index in [1.54, 1.807) is 54.6 Å². The quantitative estimate of drug-likeness (QED) is 0.243. The molecule has 0 aromatic heterocycles. The zero-order valence-electron chi connectivity index (χ0n) is 16.2. The molecule has 0 aliphatic rings. The van der Waals surface area contributed by atoms with Crippen LogP contribution in [0, 0.1) is 0 Å². The van der Waals surface area contributed by atoms with Gasteiger partial charge in [0.15, 0.2) is 0 Å². The molecule has 0 saturated heterocycles. The van der Waals surface area contributed by atoms with Gasteiger partial charge in [-0.15, -0.1) is 0 Å². The van der Waals surface area contributed by atoms with Crippen molar-refractivity contribution < 1.29 is 14.3 Å². The van der Waals surface area contributed by atoms with E-state index in [4.69, 9.17) is 51.1 Å². The predicted molar refractivity (Wildman–Crippen MR) is 128 cm³/mol. The molecular weight excluding hydrogens is 496 g/mol. The summed E-state index contributed by atoms with van der Waals surface area (Å²) < 4.78 is 5.81. The smallest absolute Gasteiger partial charge is 0.329 e. The zero-order chi connectivity index (χ0) is 23.1. The monoisotopic (exact) mass is 509 g/mol. The molecule has 0 spiro atoms. The highest BCUT2D eigenvalue weighted by Crippen LogP contribution is 2.25. The lowest BCUT2D eigenvalue weighted by Gasteiger charge is -2.10. The Morgan fingerprint density at radius 1 is 0.875 bits per heavy atom. The van der Waals surface area contributed by atoms with Crippen molar-refractivity contribution in [3.8, 4) is 5.75 Å². The summed E-state index contributed by atoms with van der Waals surface area (Å²) in [4.78, 5) is 24.0. The number of halogens is 4.